The highest BCUT2D eigenvalue weighted by Crippen LogP contribution is 2.36. The zero-order valence-electron chi connectivity index (χ0n) is 16.9. The molecule has 0 radical (unpaired) electrons. The van der Waals surface area contributed by atoms with Gasteiger partial charge in [0.1, 0.15) is 0 Å². The Kier molecular flexibility index (Phi) is 6.82. The lowest BCUT2D eigenvalue weighted by Gasteiger charge is -2.14. The number of pyridine rings is 1. The first kappa shape index (κ1) is 24.3. The number of carbonyl (C=O) groups is 1. The third-order valence-corrected chi connectivity index (χ3v) is 4.92. The summed E-state index contributed by atoms with van der Waals surface area (Å²) in [5, 5.41) is 12.2. The highest BCUT2D eigenvalue weighted by molar-refractivity contribution is 6.01. The average molecular weight is 472 g/mol. The summed E-state index contributed by atoms with van der Waals surface area (Å²) in [5.41, 5.74) is -3.29. The molecular weight excluding hydrogens is 454 g/mol. The third-order valence-electron chi connectivity index (χ3n) is 4.92. The Morgan fingerprint density at radius 1 is 0.939 bits per heavy atom. The number of aliphatic hydroxyl groups excluding tert-OH is 1. The molecule has 0 saturated carbocycles. The number of alkyl halides is 6. The van der Waals surface area contributed by atoms with Crippen LogP contribution in [0, 0.1) is 0 Å². The van der Waals surface area contributed by atoms with Gasteiger partial charge >= 0.3 is 12.4 Å². The molecule has 0 saturated heterocycles. The van der Waals surface area contributed by atoms with Crippen molar-refractivity contribution in [1.29, 1.82) is 0 Å². The van der Waals surface area contributed by atoms with E-state index >= 15 is 0 Å². The average Bonchev–Trinajstić information content (AvgIpc) is 2.73. The highest BCUT2D eigenvalue weighted by atomic mass is 19.4. The van der Waals surface area contributed by atoms with Gasteiger partial charge in [0.15, 0.2) is 0 Å². The second-order valence-corrected chi connectivity index (χ2v) is 7.27. The van der Waals surface area contributed by atoms with E-state index in [1.807, 2.05) is 0 Å². The fraction of sp³-hybridized carbons (Fsp3) is 0.273. The predicted octanol–water partition coefficient (Wildman–Crippen LogP) is 4.60. The van der Waals surface area contributed by atoms with Crippen LogP contribution >= 0.6 is 0 Å². The Morgan fingerprint density at radius 2 is 1.58 bits per heavy atom. The summed E-state index contributed by atoms with van der Waals surface area (Å²) in [6.45, 7) is -0.157. The molecule has 0 atom stereocenters. The fourth-order valence-corrected chi connectivity index (χ4v) is 3.35. The minimum Gasteiger partial charge on any atom is -0.395 e. The van der Waals surface area contributed by atoms with Gasteiger partial charge in [-0.05, 0) is 48.4 Å². The van der Waals surface area contributed by atoms with E-state index < -0.39 is 29.4 Å². The SMILES string of the molecule is O=C(CCc1cc(C(F)(F)F)cc(C(F)(F)F)c1)Nc1cccc2c(=O)n(CCO)ccc12. The van der Waals surface area contributed by atoms with Crippen molar-refractivity contribution in [2.24, 2.45) is 0 Å². The van der Waals surface area contributed by atoms with Gasteiger partial charge in [0.05, 0.1) is 17.7 Å². The molecule has 2 N–H and O–H groups in total. The predicted molar refractivity (Wildman–Crippen MR) is 109 cm³/mol. The molecular formula is C22H18F6N2O3. The minimum absolute atomic E-state index is 0.0310. The zero-order chi connectivity index (χ0) is 24.4. The third kappa shape index (κ3) is 5.72. The van der Waals surface area contributed by atoms with Crippen molar-refractivity contribution in [3.63, 3.8) is 0 Å². The Bertz CT molecular complexity index is 1200. The van der Waals surface area contributed by atoms with Crippen molar-refractivity contribution in [1.82, 2.24) is 4.57 Å². The van der Waals surface area contributed by atoms with Crippen LogP contribution in [-0.4, -0.2) is 22.2 Å². The van der Waals surface area contributed by atoms with Crippen LogP contribution in [0.25, 0.3) is 10.8 Å². The van der Waals surface area contributed by atoms with Crippen LogP contribution in [0.3, 0.4) is 0 Å². The Morgan fingerprint density at radius 3 is 2.15 bits per heavy atom. The minimum atomic E-state index is -4.97. The standard InChI is InChI=1S/C22H18F6N2O3/c23-21(24,25)14-10-13(11-15(12-14)22(26,27)28)4-5-19(32)29-18-3-1-2-17-16(18)6-7-30(8-9-31)20(17)33/h1-3,6-7,10-12,31H,4-5,8-9H2,(H,29,32). The summed E-state index contributed by atoms with van der Waals surface area (Å²) in [7, 11) is 0. The first-order chi connectivity index (χ1) is 15.4. The van der Waals surface area contributed by atoms with Gasteiger partial charge in [-0.15, -0.1) is 0 Å². The van der Waals surface area contributed by atoms with Crippen LogP contribution in [0.2, 0.25) is 0 Å². The Balaban J connectivity index is 1.80. The van der Waals surface area contributed by atoms with Crippen LogP contribution in [0.4, 0.5) is 32.0 Å². The summed E-state index contributed by atoms with van der Waals surface area (Å²) in [5.74, 6) is -0.645. The summed E-state index contributed by atoms with van der Waals surface area (Å²) < 4.78 is 79.2. The lowest BCUT2D eigenvalue weighted by atomic mass is 10.0. The summed E-state index contributed by atoms with van der Waals surface area (Å²) in [6, 6.07) is 7.33. The van der Waals surface area contributed by atoms with Crippen LogP contribution in [-0.2, 0) is 30.1 Å². The number of fused-ring (bicyclic) bond motifs is 1. The topological polar surface area (TPSA) is 71.3 Å². The van der Waals surface area contributed by atoms with Crippen LogP contribution in [0.1, 0.15) is 23.1 Å². The molecule has 1 amide bonds. The Labute approximate surface area is 183 Å². The van der Waals surface area contributed by atoms with Crippen LogP contribution < -0.4 is 10.9 Å². The van der Waals surface area contributed by atoms with Gasteiger partial charge in [-0.3, -0.25) is 9.59 Å². The number of hydrogen-bond acceptors (Lipinski definition) is 3. The van der Waals surface area contributed by atoms with Crippen molar-refractivity contribution >= 4 is 22.4 Å². The highest BCUT2D eigenvalue weighted by Gasteiger charge is 2.36. The molecule has 1 aromatic heterocycles. The second-order valence-electron chi connectivity index (χ2n) is 7.27. The second kappa shape index (κ2) is 9.26. The number of carbonyl (C=O) groups excluding carboxylic acids is 1. The molecule has 0 fully saturated rings. The largest absolute Gasteiger partial charge is 0.416 e. The first-order valence-electron chi connectivity index (χ1n) is 9.71. The number of aryl methyl sites for hydroxylation is 1. The van der Waals surface area contributed by atoms with Crippen molar-refractivity contribution in [3.8, 4) is 0 Å². The van der Waals surface area contributed by atoms with E-state index in [9.17, 15) is 35.9 Å². The van der Waals surface area contributed by atoms with E-state index in [1.165, 1.54) is 29.0 Å². The number of benzene rings is 2. The molecule has 5 nitrogen and oxygen atoms in total. The maximum atomic E-state index is 13.0. The fourth-order valence-electron chi connectivity index (χ4n) is 3.35. The molecule has 0 spiro atoms. The monoisotopic (exact) mass is 472 g/mol. The lowest BCUT2D eigenvalue weighted by Crippen LogP contribution is -2.21. The molecule has 11 heteroatoms. The maximum Gasteiger partial charge on any atom is 0.416 e. The molecule has 0 aliphatic heterocycles. The number of aliphatic hydroxyl groups is 1. The number of halogens is 6. The molecule has 3 rings (SSSR count). The van der Waals surface area contributed by atoms with Crippen LogP contribution in [0.15, 0.2) is 53.5 Å². The zero-order valence-corrected chi connectivity index (χ0v) is 16.9. The van der Waals surface area contributed by atoms with Gasteiger partial charge in [-0.1, -0.05) is 6.07 Å². The van der Waals surface area contributed by atoms with Gasteiger partial charge in [0, 0.05) is 35.6 Å². The quantitative estimate of drug-likeness (QED) is 0.515. The molecule has 0 aliphatic rings. The maximum absolute atomic E-state index is 13.0. The number of amides is 1. The molecule has 0 unspecified atom stereocenters. The van der Waals surface area contributed by atoms with Crippen molar-refractivity contribution in [2.75, 3.05) is 11.9 Å². The van der Waals surface area contributed by atoms with Gasteiger partial charge in [0.25, 0.3) is 5.56 Å². The number of nitrogens with zero attached hydrogens (tertiary/aromatic N) is 1. The molecule has 1 heterocycles. The molecule has 3 aromatic rings. The van der Waals surface area contributed by atoms with E-state index in [-0.39, 0.29) is 54.3 Å². The Hall–Kier alpha value is -3.34. The van der Waals surface area contributed by atoms with Crippen LogP contribution in [0.5, 0.6) is 0 Å². The number of anilines is 1. The summed E-state index contributed by atoms with van der Waals surface area (Å²) in [6.07, 6.45) is -9.23. The lowest BCUT2D eigenvalue weighted by molar-refractivity contribution is -0.143. The van der Waals surface area contributed by atoms with E-state index in [0.29, 0.717) is 17.5 Å². The van der Waals surface area contributed by atoms with Gasteiger partial charge < -0.3 is 15.0 Å². The van der Waals surface area contributed by atoms with Gasteiger partial charge in [-0.25, -0.2) is 0 Å². The van der Waals surface area contributed by atoms with Crippen molar-refractivity contribution in [3.05, 3.63) is 75.7 Å². The van der Waals surface area contributed by atoms with Gasteiger partial charge in [0.2, 0.25) is 5.91 Å². The number of rotatable bonds is 6. The van der Waals surface area contributed by atoms with E-state index in [1.54, 1.807) is 6.07 Å². The van der Waals surface area contributed by atoms with E-state index in [2.05, 4.69) is 5.32 Å². The van der Waals surface area contributed by atoms with Gasteiger partial charge in [-0.2, -0.15) is 26.3 Å². The molecule has 0 aliphatic carbocycles. The summed E-state index contributed by atoms with van der Waals surface area (Å²) in [4.78, 5) is 24.8. The summed E-state index contributed by atoms with van der Waals surface area (Å²) >= 11 is 0. The molecule has 176 valence electrons. The number of aromatic nitrogens is 1. The van der Waals surface area contributed by atoms with E-state index in [0.717, 1.165) is 0 Å². The molecule has 33 heavy (non-hydrogen) atoms. The molecule has 0 bridgehead atoms. The van der Waals surface area contributed by atoms with Crippen molar-refractivity contribution < 1.29 is 36.2 Å². The first-order valence-corrected chi connectivity index (χ1v) is 9.71. The van der Waals surface area contributed by atoms with Crippen molar-refractivity contribution in [2.45, 2.75) is 31.7 Å². The number of hydrogen-bond donors (Lipinski definition) is 2. The smallest absolute Gasteiger partial charge is 0.395 e. The number of nitrogens with one attached hydrogen (secondary N) is 1. The normalized spacial score (nSPS) is 12.2. The molecule has 2 aromatic carbocycles. The van der Waals surface area contributed by atoms with E-state index in [4.69, 9.17) is 5.11 Å².